The van der Waals surface area contributed by atoms with Crippen LogP contribution >= 0.6 is 11.6 Å². The Morgan fingerprint density at radius 3 is 3.00 bits per heavy atom. The summed E-state index contributed by atoms with van der Waals surface area (Å²) in [6, 6.07) is 15.2. The fourth-order valence-corrected chi connectivity index (χ4v) is 4.31. The summed E-state index contributed by atoms with van der Waals surface area (Å²) in [5.41, 5.74) is 2.36. The number of para-hydroxylation sites is 1. The van der Waals surface area contributed by atoms with Gasteiger partial charge < -0.3 is 9.32 Å². The number of aromatic nitrogens is 3. The summed E-state index contributed by atoms with van der Waals surface area (Å²) in [5, 5.41) is 8.77. The number of hydrogen-bond donors (Lipinski definition) is 1. The first-order valence-corrected chi connectivity index (χ1v) is 10.5. The molecule has 1 amide bonds. The number of nitrogens with zero attached hydrogens (tertiary/aromatic N) is 3. The predicted octanol–water partition coefficient (Wildman–Crippen LogP) is 5.16. The number of amides is 1. The molecule has 6 nitrogen and oxygen atoms in total. The highest BCUT2D eigenvalue weighted by molar-refractivity contribution is 6.30. The molecule has 1 fully saturated rings. The molecule has 2 aromatic heterocycles. The van der Waals surface area contributed by atoms with Gasteiger partial charge in [-0.3, -0.25) is 9.89 Å². The van der Waals surface area contributed by atoms with E-state index < -0.39 is 0 Å². The Bertz CT molecular complexity index is 1200. The zero-order valence-corrected chi connectivity index (χ0v) is 17.1. The van der Waals surface area contributed by atoms with Crippen molar-refractivity contribution >= 4 is 28.4 Å². The second-order valence-electron chi connectivity index (χ2n) is 7.60. The summed E-state index contributed by atoms with van der Waals surface area (Å²) >= 11 is 6.08. The molecule has 1 saturated heterocycles. The number of aromatic amines is 1. The molecule has 1 N–H and O–H groups in total. The molecule has 0 saturated carbocycles. The molecular weight excluding hydrogens is 400 g/mol. The van der Waals surface area contributed by atoms with Gasteiger partial charge >= 0.3 is 0 Å². The number of rotatable bonds is 4. The minimum Gasteiger partial charge on any atom is -0.443 e. The van der Waals surface area contributed by atoms with Crippen LogP contribution in [0.1, 0.15) is 53.0 Å². The molecule has 1 unspecified atom stereocenters. The van der Waals surface area contributed by atoms with Crippen LogP contribution < -0.4 is 0 Å². The molecule has 0 aliphatic carbocycles. The smallest absolute Gasteiger partial charge is 0.275 e. The molecule has 5 rings (SSSR count). The van der Waals surface area contributed by atoms with Gasteiger partial charge in [0.25, 0.3) is 5.91 Å². The fraction of sp³-hybridized carbons (Fsp3) is 0.261. The maximum atomic E-state index is 13.4. The average Bonchev–Trinajstić information content (AvgIpc) is 3.40. The van der Waals surface area contributed by atoms with Crippen LogP contribution in [-0.2, 0) is 6.42 Å². The SMILES string of the molecule is O=C(c1n[nH]c2ccccc12)N1CCCCC1c1ncc(Cc2cccc(Cl)c2)o1. The zero-order valence-electron chi connectivity index (χ0n) is 16.3. The van der Waals surface area contributed by atoms with Crippen molar-refractivity contribution in [3.05, 3.63) is 82.7 Å². The van der Waals surface area contributed by atoms with Crippen molar-refractivity contribution in [2.75, 3.05) is 6.54 Å². The molecule has 0 bridgehead atoms. The predicted molar refractivity (Wildman–Crippen MR) is 114 cm³/mol. The Hall–Kier alpha value is -3.12. The Morgan fingerprint density at radius 1 is 1.20 bits per heavy atom. The van der Waals surface area contributed by atoms with Gasteiger partial charge in [-0.1, -0.05) is 41.9 Å². The van der Waals surface area contributed by atoms with Crippen LogP contribution in [0.5, 0.6) is 0 Å². The van der Waals surface area contributed by atoms with Crippen molar-refractivity contribution in [2.45, 2.75) is 31.7 Å². The van der Waals surface area contributed by atoms with Gasteiger partial charge in [0.2, 0.25) is 5.89 Å². The van der Waals surface area contributed by atoms with Gasteiger partial charge in [0.1, 0.15) is 11.8 Å². The summed E-state index contributed by atoms with van der Waals surface area (Å²) in [6.07, 6.45) is 5.17. The number of fused-ring (bicyclic) bond motifs is 1. The van der Waals surface area contributed by atoms with E-state index in [4.69, 9.17) is 16.0 Å². The van der Waals surface area contributed by atoms with E-state index in [1.165, 1.54) is 0 Å². The largest absolute Gasteiger partial charge is 0.443 e. The summed E-state index contributed by atoms with van der Waals surface area (Å²) in [7, 11) is 0. The van der Waals surface area contributed by atoms with Gasteiger partial charge in [0, 0.05) is 23.4 Å². The van der Waals surface area contributed by atoms with E-state index in [0.29, 0.717) is 29.6 Å². The van der Waals surface area contributed by atoms with Gasteiger partial charge in [-0.05, 0) is 43.0 Å². The zero-order chi connectivity index (χ0) is 20.5. The lowest BCUT2D eigenvalue weighted by molar-refractivity contribution is 0.0566. The van der Waals surface area contributed by atoms with Crippen molar-refractivity contribution in [3.63, 3.8) is 0 Å². The highest BCUT2D eigenvalue weighted by Gasteiger charge is 2.33. The summed E-state index contributed by atoms with van der Waals surface area (Å²) in [5.74, 6) is 1.25. The summed E-state index contributed by atoms with van der Waals surface area (Å²) < 4.78 is 6.08. The van der Waals surface area contributed by atoms with Crippen molar-refractivity contribution in [3.8, 4) is 0 Å². The minimum atomic E-state index is -0.185. The van der Waals surface area contributed by atoms with Gasteiger partial charge in [-0.25, -0.2) is 4.98 Å². The number of carbonyl (C=O) groups excluding carboxylic acids is 1. The van der Waals surface area contributed by atoms with E-state index >= 15 is 0 Å². The van der Waals surface area contributed by atoms with E-state index in [9.17, 15) is 4.79 Å². The number of H-pyrrole nitrogens is 1. The number of likely N-dealkylation sites (tertiary alicyclic amines) is 1. The molecular formula is C23H21ClN4O2. The first-order valence-electron chi connectivity index (χ1n) is 10.1. The van der Waals surface area contributed by atoms with E-state index in [0.717, 1.165) is 41.5 Å². The van der Waals surface area contributed by atoms with Gasteiger partial charge in [0.15, 0.2) is 5.69 Å². The molecule has 30 heavy (non-hydrogen) atoms. The van der Waals surface area contributed by atoms with Crippen LogP contribution in [0.2, 0.25) is 5.02 Å². The van der Waals surface area contributed by atoms with E-state index in [1.807, 2.05) is 53.4 Å². The van der Waals surface area contributed by atoms with Crippen LogP contribution in [0.3, 0.4) is 0 Å². The molecule has 2 aromatic carbocycles. The first-order chi connectivity index (χ1) is 14.7. The first kappa shape index (κ1) is 18.9. The lowest BCUT2D eigenvalue weighted by Gasteiger charge is -2.33. The molecule has 3 heterocycles. The Labute approximate surface area is 178 Å². The van der Waals surface area contributed by atoms with Crippen LogP contribution in [-0.4, -0.2) is 32.5 Å². The number of carbonyl (C=O) groups is 1. The van der Waals surface area contributed by atoms with Gasteiger partial charge in [0.05, 0.1) is 11.7 Å². The number of oxazole rings is 1. The topological polar surface area (TPSA) is 75.0 Å². The Morgan fingerprint density at radius 2 is 2.10 bits per heavy atom. The van der Waals surface area contributed by atoms with Gasteiger partial charge in [-0.15, -0.1) is 0 Å². The van der Waals surface area contributed by atoms with E-state index in [1.54, 1.807) is 6.20 Å². The molecule has 4 aromatic rings. The monoisotopic (exact) mass is 420 g/mol. The molecule has 152 valence electrons. The molecule has 1 atom stereocenters. The highest BCUT2D eigenvalue weighted by Crippen LogP contribution is 2.33. The van der Waals surface area contributed by atoms with E-state index in [2.05, 4.69) is 15.2 Å². The highest BCUT2D eigenvalue weighted by atomic mass is 35.5. The number of halogens is 1. The fourth-order valence-electron chi connectivity index (χ4n) is 4.10. The second-order valence-corrected chi connectivity index (χ2v) is 8.04. The van der Waals surface area contributed by atoms with Crippen LogP contribution in [0, 0.1) is 0 Å². The number of benzene rings is 2. The summed E-state index contributed by atoms with van der Waals surface area (Å²) in [4.78, 5) is 19.7. The maximum Gasteiger partial charge on any atom is 0.275 e. The number of hydrogen-bond acceptors (Lipinski definition) is 4. The van der Waals surface area contributed by atoms with Crippen LogP contribution in [0.4, 0.5) is 0 Å². The third-order valence-corrected chi connectivity index (χ3v) is 5.80. The minimum absolute atomic E-state index is 0.0910. The molecule has 1 aliphatic heterocycles. The number of nitrogens with one attached hydrogen (secondary N) is 1. The standard InChI is InChI=1S/C23H21ClN4O2/c24-16-7-5-6-15(12-16)13-17-14-25-22(30-17)20-10-3-4-11-28(20)23(29)21-18-8-1-2-9-19(18)26-27-21/h1-2,5-9,12,14,20H,3-4,10-11,13H2,(H,26,27). The molecule has 0 spiro atoms. The maximum absolute atomic E-state index is 13.4. The van der Waals surface area contributed by atoms with Gasteiger partial charge in [-0.2, -0.15) is 5.10 Å². The van der Waals surface area contributed by atoms with Crippen LogP contribution in [0.15, 0.2) is 59.1 Å². The molecule has 7 heteroatoms. The van der Waals surface area contributed by atoms with Crippen molar-refractivity contribution in [2.24, 2.45) is 0 Å². The normalized spacial score (nSPS) is 16.8. The van der Waals surface area contributed by atoms with Crippen molar-refractivity contribution < 1.29 is 9.21 Å². The van der Waals surface area contributed by atoms with E-state index in [-0.39, 0.29) is 11.9 Å². The summed E-state index contributed by atoms with van der Waals surface area (Å²) in [6.45, 7) is 0.663. The number of piperidine rings is 1. The van der Waals surface area contributed by atoms with Crippen molar-refractivity contribution in [1.29, 1.82) is 0 Å². The average molecular weight is 421 g/mol. The third-order valence-electron chi connectivity index (χ3n) is 5.56. The lowest BCUT2D eigenvalue weighted by Crippen LogP contribution is -2.39. The van der Waals surface area contributed by atoms with Crippen molar-refractivity contribution in [1.82, 2.24) is 20.1 Å². The third kappa shape index (κ3) is 3.59. The second kappa shape index (κ2) is 7.95. The van der Waals surface area contributed by atoms with Crippen LogP contribution in [0.25, 0.3) is 10.9 Å². The molecule has 1 aliphatic rings. The molecule has 0 radical (unpaired) electrons. The lowest BCUT2D eigenvalue weighted by atomic mass is 10.0. The quantitative estimate of drug-likeness (QED) is 0.494. The Balaban J connectivity index is 1.40. The Kier molecular flexibility index (Phi) is 5.01.